The molecule has 2 heterocycles. The van der Waals surface area contributed by atoms with Crippen molar-refractivity contribution in [3.05, 3.63) is 27.2 Å². The average Bonchev–Trinajstić information content (AvgIpc) is 2.47. The molecule has 2 aromatic heterocycles. The van der Waals surface area contributed by atoms with Crippen LogP contribution in [0.3, 0.4) is 0 Å². The van der Waals surface area contributed by atoms with Crippen LogP contribution in [0.4, 0.5) is 0 Å². The minimum atomic E-state index is 0.410. The molecule has 0 aliphatic heterocycles. The molecule has 0 N–H and O–H groups in total. The molecule has 0 bridgehead atoms. The summed E-state index contributed by atoms with van der Waals surface area (Å²) in [5, 5.41) is 4.73. The summed E-state index contributed by atoms with van der Waals surface area (Å²) >= 11 is 9.22. The third kappa shape index (κ3) is 1.85. The van der Waals surface area contributed by atoms with E-state index in [0.717, 1.165) is 17.0 Å². The van der Waals surface area contributed by atoms with Gasteiger partial charge in [-0.2, -0.15) is 5.10 Å². The van der Waals surface area contributed by atoms with E-state index in [1.54, 1.807) is 6.20 Å². The lowest BCUT2D eigenvalue weighted by atomic mass is 10.2. The summed E-state index contributed by atoms with van der Waals surface area (Å²) in [7, 11) is 1.90. The van der Waals surface area contributed by atoms with Crippen molar-refractivity contribution >= 4 is 27.5 Å². The lowest BCUT2D eigenvalue weighted by Crippen LogP contribution is -1.94. The molecule has 4 nitrogen and oxygen atoms in total. The third-order valence-electron chi connectivity index (χ3n) is 2.43. The first kappa shape index (κ1) is 11.5. The number of hydrogen-bond donors (Lipinski definition) is 0. The number of aryl methyl sites for hydroxylation is 2. The summed E-state index contributed by atoms with van der Waals surface area (Å²) in [5.74, 6) is 0.608. The lowest BCUT2D eigenvalue weighted by Gasteiger charge is -2.02. The second-order valence-electron chi connectivity index (χ2n) is 3.50. The molecule has 0 saturated carbocycles. The molecule has 0 amide bonds. The molecule has 0 spiro atoms. The molecular weight excluding hydrogens is 291 g/mol. The van der Waals surface area contributed by atoms with Gasteiger partial charge in [-0.05, 0) is 29.8 Å². The zero-order valence-electron chi connectivity index (χ0n) is 9.12. The Morgan fingerprint density at radius 2 is 2.06 bits per heavy atom. The highest BCUT2D eigenvalue weighted by molar-refractivity contribution is 9.10. The van der Waals surface area contributed by atoms with E-state index in [-0.39, 0.29) is 0 Å². The number of hydrogen-bond acceptors (Lipinski definition) is 3. The van der Waals surface area contributed by atoms with E-state index < -0.39 is 0 Å². The van der Waals surface area contributed by atoms with Gasteiger partial charge in [0.1, 0.15) is 5.15 Å². The van der Waals surface area contributed by atoms with E-state index in [9.17, 15) is 0 Å². The molecule has 84 valence electrons. The maximum Gasteiger partial charge on any atom is 0.164 e. The summed E-state index contributed by atoms with van der Waals surface area (Å²) in [6, 6.07) is 0. The fourth-order valence-electron chi connectivity index (χ4n) is 1.56. The van der Waals surface area contributed by atoms with Crippen molar-refractivity contribution < 1.29 is 0 Å². The van der Waals surface area contributed by atoms with Gasteiger partial charge in [0.25, 0.3) is 0 Å². The fraction of sp³-hybridized carbons (Fsp3) is 0.300. The monoisotopic (exact) mass is 300 g/mol. The maximum absolute atomic E-state index is 5.95. The van der Waals surface area contributed by atoms with Gasteiger partial charge in [-0.1, -0.05) is 11.6 Å². The van der Waals surface area contributed by atoms with Crippen molar-refractivity contribution in [3.8, 4) is 11.4 Å². The van der Waals surface area contributed by atoms with Crippen LogP contribution in [-0.4, -0.2) is 19.7 Å². The number of aromatic nitrogens is 4. The predicted molar refractivity (Wildman–Crippen MR) is 66.4 cm³/mol. The molecule has 0 aliphatic carbocycles. The van der Waals surface area contributed by atoms with Gasteiger partial charge < -0.3 is 0 Å². The molecule has 0 saturated heterocycles. The Hall–Kier alpha value is -0.940. The zero-order valence-corrected chi connectivity index (χ0v) is 11.5. The molecule has 0 atom stereocenters. The van der Waals surface area contributed by atoms with Crippen LogP contribution < -0.4 is 0 Å². The first-order valence-corrected chi connectivity index (χ1v) is 5.86. The van der Waals surface area contributed by atoms with Crippen molar-refractivity contribution in [2.24, 2.45) is 7.05 Å². The molecular formula is C10H10BrClN4. The largest absolute Gasteiger partial charge is 0.272 e. The molecule has 2 rings (SSSR count). The van der Waals surface area contributed by atoms with E-state index in [1.807, 2.05) is 25.6 Å². The summed E-state index contributed by atoms with van der Waals surface area (Å²) < 4.78 is 2.50. The summed E-state index contributed by atoms with van der Waals surface area (Å²) in [6.45, 7) is 3.91. The van der Waals surface area contributed by atoms with Crippen LogP contribution in [0.2, 0.25) is 5.15 Å². The normalized spacial score (nSPS) is 10.8. The van der Waals surface area contributed by atoms with Crippen LogP contribution in [-0.2, 0) is 7.05 Å². The Bertz CT molecular complexity index is 550. The van der Waals surface area contributed by atoms with Gasteiger partial charge in [0.05, 0.1) is 15.7 Å². The first-order valence-electron chi connectivity index (χ1n) is 4.69. The van der Waals surface area contributed by atoms with Crippen LogP contribution in [0.25, 0.3) is 11.4 Å². The second kappa shape index (κ2) is 4.14. The Balaban J connectivity index is 2.63. The molecule has 6 heteroatoms. The van der Waals surface area contributed by atoms with Crippen LogP contribution in [0.5, 0.6) is 0 Å². The van der Waals surface area contributed by atoms with Gasteiger partial charge in [0, 0.05) is 18.9 Å². The van der Waals surface area contributed by atoms with Crippen molar-refractivity contribution in [3.63, 3.8) is 0 Å². The summed E-state index contributed by atoms with van der Waals surface area (Å²) in [6.07, 6.45) is 1.65. The van der Waals surface area contributed by atoms with Crippen LogP contribution in [0, 0.1) is 13.8 Å². The second-order valence-corrected chi connectivity index (χ2v) is 4.71. The molecule has 2 aromatic rings. The van der Waals surface area contributed by atoms with E-state index in [2.05, 4.69) is 31.0 Å². The van der Waals surface area contributed by atoms with Gasteiger partial charge in [-0.25, -0.2) is 9.97 Å². The van der Waals surface area contributed by atoms with E-state index in [1.165, 1.54) is 0 Å². The topological polar surface area (TPSA) is 43.6 Å². The number of halogens is 2. The minimum Gasteiger partial charge on any atom is -0.272 e. The maximum atomic E-state index is 5.95. The smallest absolute Gasteiger partial charge is 0.164 e. The SMILES string of the molecule is Cc1nn(C)c(C)c1-c1ncc(Br)c(Cl)n1. The van der Waals surface area contributed by atoms with E-state index >= 15 is 0 Å². The quantitative estimate of drug-likeness (QED) is 0.761. The minimum absolute atomic E-state index is 0.410. The predicted octanol–water partition coefficient (Wildman–Crippen LogP) is 2.91. The number of nitrogens with zero attached hydrogens (tertiary/aromatic N) is 4. The van der Waals surface area contributed by atoms with Crippen molar-refractivity contribution in [2.75, 3.05) is 0 Å². The summed E-state index contributed by atoms with van der Waals surface area (Å²) in [5.41, 5.74) is 2.87. The molecule has 0 fully saturated rings. The van der Waals surface area contributed by atoms with Crippen LogP contribution in [0.1, 0.15) is 11.4 Å². The highest BCUT2D eigenvalue weighted by Gasteiger charge is 2.15. The number of rotatable bonds is 1. The Morgan fingerprint density at radius 1 is 1.38 bits per heavy atom. The van der Waals surface area contributed by atoms with Crippen LogP contribution in [0.15, 0.2) is 10.7 Å². The van der Waals surface area contributed by atoms with Crippen molar-refractivity contribution in [2.45, 2.75) is 13.8 Å². The van der Waals surface area contributed by atoms with Gasteiger partial charge in [0.15, 0.2) is 5.82 Å². The average molecular weight is 302 g/mol. The lowest BCUT2D eigenvalue weighted by molar-refractivity contribution is 0.731. The molecule has 0 aromatic carbocycles. The zero-order chi connectivity index (χ0) is 11.9. The Labute approximate surface area is 107 Å². The molecule has 0 aliphatic rings. The third-order valence-corrected chi connectivity index (χ3v) is 3.53. The molecule has 0 unspecified atom stereocenters. The van der Waals surface area contributed by atoms with Crippen LogP contribution >= 0.6 is 27.5 Å². The highest BCUT2D eigenvalue weighted by Crippen LogP contribution is 2.26. The van der Waals surface area contributed by atoms with Gasteiger partial charge in [-0.3, -0.25) is 4.68 Å². The van der Waals surface area contributed by atoms with Gasteiger partial charge >= 0.3 is 0 Å². The Morgan fingerprint density at radius 3 is 2.56 bits per heavy atom. The molecule has 0 radical (unpaired) electrons. The van der Waals surface area contributed by atoms with Gasteiger partial charge in [-0.15, -0.1) is 0 Å². The standard InChI is InChI=1S/C10H10BrClN4/c1-5-8(6(2)16(3)15-5)10-13-4-7(11)9(12)14-10/h4H,1-3H3. The Kier molecular flexibility index (Phi) is 2.99. The van der Waals surface area contributed by atoms with E-state index in [0.29, 0.717) is 15.5 Å². The molecule has 16 heavy (non-hydrogen) atoms. The highest BCUT2D eigenvalue weighted by atomic mass is 79.9. The van der Waals surface area contributed by atoms with E-state index in [4.69, 9.17) is 11.6 Å². The van der Waals surface area contributed by atoms with Crippen molar-refractivity contribution in [1.82, 2.24) is 19.7 Å². The first-order chi connectivity index (χ1) is 7.50. The van der Waals surface area contributed by atoms with Gasteiger partial charge in [0.2, 0.25) is 0 Å². The summed E-state index contributed by atoms with van der Waals surface area (Å²) in [4.78, 5) is 8.48. The van der Waals surface area contributed by atoms with Crippen molar-refractivity contribution in [1.29, 1.82) is 0 Å². The fourth-order valence-corrected chi connectivity index (χ4v) is 1.88.